The van der Waals surface area contributed by atoms with E-state index in [9.17, 15) is 0 Å². The lowest BCUT2D eigenvalue weighted by molar-refractivity contribution is 0.256. The molecule has 1 aromatic heterocycles. The normalized spacial score (nSPS) is 20.4. The Morgan fingerprint density at radius 3 is 3.25 bits per heavy atom. The molecule has 2 heterocycles. The van der Waals surface area contributed by atoms with E-state index in [0.717, 1.165) is 31.0 Å². The quantitative estimate of drug-likeness (QED) is 0.884. The van der Waals surface area contributed by atoms with Crippen molar-refractivity contribution < 1.29 is 4.74 Å². The van der Waals surface area contributed by atoms with E-state index in [1.54, 1.807) is 0 Å². The lowest BCUT2D eigenvalue weighted by Crippen LogP contribution is -2.15. The van der Waals surface area contributed by atoms with Crippen LogP contribution in [-0.2, 0) is 0 Å². The molecule has 1 atom stereocenters. The van der Waals surface area contributed by atoms with Crippen LogP contribution in [0.1, 0.15) is 6.42 Å². The number of hydrogen-bond donors (Lipinski definition) is 1. The highest BCUT2D eigenvalue weighted by Crippen LogP contribution is 2.28. The average molecular weight is 234 g/mol. The fourth-order valence-electron chi connectivity index (χ4n) is 2.02. The van der Waals surface area contributed by atoms with Gasteiger partial charge in [-0.05, 0) is 36.6 Å². The second-order valence-electron chi connectivity index (χ2n) is 4.15. The standard InChI is InChI=1S/C12H14N2OS/c1-2-4-11-10(3-1)12(14-16-11)15-8-9-5-6-13-7-9/h1-4,9,13H,5-8H2/t9-/m0/s1. The molecule has 1 aliphatic heterocycles. The highest BCUT2D eigenvalue weighted by molar-refractivity contribution is 7.13. The number of fused-ring (bicyclic) bond motifs is 1. The van der Waals surface area contributed by atoms with Crippen LogP contribution in [0.5, 0.6) is 5.88 Å². The van der Waals surface area contributed by atoms with E-state index >= 15 is 0 Å². The molecule has 1 fully saturated rings. The molecule has 0 spiro atoms. The maximum Gasteiger partial charge on any atom is 0.233 e. The Morgan fingerprint density at radius 2 is 2.38 bits per heavy atom. The fraction of sp³-hybridized carbons (Fsp3) is 0.417. The van der Waals surface area contributed by atoms with Crippen molar-refractivity contribution in [1.82, 2.24) is 9.69 Å². The maximum absolute atomic E-state index is 5.80. The summed E-state index contributed by atoms with van der Waals surface area (Å²) < 4.78 is 11.4. The number of nitrogens with zero attached hydrogens (tertiary/aromatic N) is 1. The average Bonchev–Trinajstić information content (AvgIpc) is 2.96. The van der Waals surface area contributed by atoms with E-state index in [4.69, 9.17) is 4.74 Å². The number of ether oxygens (including phenoxy) is 1. The van der Waals surface area contributed by atoms with Crippen LogP contribution in [0, 0.1) is 5.92 Å². The zero-order valence-electron chi connectivity index (χ0n) is 8.98. The number of aromatic nitrogens is 1. The Kier molecular flexibility index (Phi) is 2.76. The first-order valence-electron chi connectivity index (χ1n) is 5.61. The first-order chi connectivity index (χ1) is 7.93. The summed E-state index contributed by atoms with van der Waals surface area (Å²) in [7, 11) is 0. The highest BCUT2D eigenvalue weighted by atomic mass is 32.1. The summed E-state index contributed by atoms with van der Waals surface area (Å²) in [6.07, 6.45) is 1.21. The summed E-state index contributed by atoms with van der Waals surface area (Å²) in [5, 5.41) is 4.48. The van der Waals surface area contributed by atoms with E-state index in [1.165, 1.54) is 22.7 Å². The minimum absolute atomic E-state index is 0.639. The number of rotatable bonds is 3. The van der Waals surface area contributed by atoms with Crippen LogP contribution in [-0.4, -0.2) is 24.1 Å². The third-order valence-corrected chi connectivity index (χ3v) is 3.77. The molecule has 0 saturated carbocycles. The minimum Gasteiger partial charge on any atom is -0.476 e. The Balaban J connectivity index is 1.73. The number of nitrogens with one attached hydrogen (secondary N) is 1. The van der Waals surface area contributed by atoms with Gasteiger partial charge in [-0.15, -0.1) is 0 Å². The van der Waals surface area contributed by atoms with Crippen LogP contribution in [0.4, 0.5) is 0 Å². The SMILES string of the molecule is c1ccc2c(OC[C@H]3CCNC3)nsc2c1. The molecular weight excluding hydrogens is 220 g/mol. The van der Waals surface area contributed by atoms with Gasteiger partial charge in [0.1, 0.15) is 0 Å². The lowest BCUT2D eigenvalue weighted by atomic mass is 10.1. The molecule has 3 nitrogen and oxygen atoms in total. The summed E-state index contributed by atoms with van der Waals surface area (Å²) in [6.45, 7) is 2.97. The van der Waals surface area contributed by atoms with Gasteiger partial charge < -0.3 is 10.1 Å². The zero-order chi connectivity index (χ0) is 10.8. The Labute approximate surface area is 98.6 Å². The maximum atomic E-state index is 5.80. The molecule has 84 valence electrons. The molecule has 3 rings (SSSR count). The minimum atomic E-state index is 0.639. The van der Waals surface area contributed by atoms with Crippen LogP contribution in [0.3, 0.4) is 0 Å². The zero-order valence-corrected chi connectivity index (χ0v) is 9.80. The lowest BCUT2D eigenvalue weighted by Gasteiger charge is -2.08. The smallest absolute Gasteiger partial charge is 0.233 e. The van der Waals surface area contributed by atoms with E-state index in [0.29, 0.717) is 5.92 Å². The summed E-state index contributed by atoms with van der Waals surface area (Å²) in [5.41, 5.74) is 0. The van der Waals surface area contributed by atoms with Crippen molar-refractivity contribution in [2.24, 2.45) is 5.92 Å². The number of benzene rings is 1. The van der Waals surface area contributed by atoms with Crippen LogP contribution in [0.15, 0.2) is 24.3 Å². The molecule has 0 amide bonds. The highest BCUT2D eigenvalue weighted by Gasteiger charge is 2.16. The molecule has 4 heteroatoms. The van der Waals surface area contributed by atoms with Crippen molar-refractivity contribution in [3.63, 3.8) is 0 Å². The number of hydrogen-bond acceptors (Lipinski definition) is 4. The summed E-state index contributed by atoms with van der Waals surface area (Å²) in [5.74, 6) is 1.44. The van der Waals surface area contributed by atoms with Gasteiger partial charge in [-0.1, -0.05) is 12.1 Å². The molecular formula is C12H14N2OS. The van der Waals surface area contributed by atoms with Gasteiger partial charge in [0, 0.05) is 12.5 Å². The van der Waals surface area contributed by atoms with Crippen LogP contribution in [0.25, 0.3) is 10.1 Å². The third-order valence-electron chi connectivity index (χ3n) is 2.96. The van der Waals surface area contributed by atoms with E-state index < -0.39 is 0 Å². The van der Waals surface area contributed by atoms with Crippen LogP contribution < -0.4 is 10.1 Å². The van der Waals surface area contributed by atoms with E-state index in [-0.39, 0.29) is 0 Å². The molecule has 1 N–H and O–H groups in total. The first-order valence-corrected chi connectivity index (χ1v) is 6.39. The molecule has 2 aromatic rings. The molecule has 0 aliphatic carbocycles. The predicted molar refractivity (Wildman–Crippen MR) is 66.1 cm³/mol. The predicted octanol–water partition coefficient (Wildman–Crippen LogP) is 2.28. The fourth-order valence-corrected chi connectivity index (χ4v) is 2.75. The first kappa shape index (κ1) is 10.1. The summed E-state index contributed by atoms with van der Waals surface area (Å²) >= 11 is 1.51. The van der Waals surface area contributed by atoms with Crippen LogP contribution in [0.2, 0.25) is 0 Å². The van der Waals surface area contributed by atoms with Crippen molar-refractivity contribution in [2.45, 2.75) is 6.42 Å². The molecule has 1 saturated heterocycles. The molecule has 16 heavy (non-hydrogen) atoms. The third kappa shape index (κ3) is 1.90. The van der Waals surface area contributed by atoms with Crippen molar-refractivity contribution in [1.29, 1.82) is 0 Å². The van der Waals surface area contributed by atoms with Crippen molar-refractivity contribution in [3.05, 3.63) is 24.3 Å². The Bertz CT molecular complexity index is 477. The van der Waals surface area contributed by atoms with E-state index in [1.807, 2.05) is 12.1 Å². The second-order valence-corrected chi connectivity index (χ2v) is 4.96. The van der Waals surface area contributed by atoms with Gasteiger partial charge in [0.05, 0.1) is 16.7 Å². The molecule has 1 aromatic carbocycles. The summed E-state index contributed by atoms with van der Waals surface area (Å²) in [6, 6.07) is 8.21. The Hall–Kier alpha value is -1.13. The Morgan fingerprint density at radius 1 is 1.44 bits per heavy atom. The topological polar surface area (TPSA) is 34.1 Å². The van der Waals surface area contributed by atoms with E-state index in [2.05, 4.69) is 21.8 Å². The van der Waals surface area contributed by atoms with Crippen LogP contribution >= 0.6 is 11.5 Å². The molecule has 1 aliphatic rings. The summed E-state index contributed by atoms with van der Waals surface area (Å²) in [4.78, 5) is 0. The van der Waals surface area contributed by atoms with Gasteiger partial charge in [0.2, 0.25) is 5.88 Å². The monoisotopic (exact) mass is 234 g/mol. The van der Waals surface area contributed by atoms with Crippen molar-refractivity contribution >= 4 is 21.6 Å². The van der Waals surface area contributed by atoms with Crippen molar-refractivity contribution in [3.8, 4) is 5.88 Å². The van der Waals surface area contributed by atoms with Gasteiger partial charge in [-0.2, -0.15) is 4.37 Å². The van der Waals surface area contributed by atoms with Gasteiger partial charge >= 0.3 is 0 Å². The van der Waals surface area contributed by atoms with Gasteiger partial charge in [0.15, 0.2) is 0 Å². The van der Waals surface area contributed by atoms with Gasteiger partial charge in [-0.25, -0.2) is 0 Å². The molecule has 0 radical (unpaired) electrons. The second kappa shape index (κ2) is 4.39. The van der Waals surface area contributed by atoms with Gasteiger partial charge in [-0.3, -0.25) is 0 Å². The van der Waals surface area contributed by atoms with Crippen molar-refractivity contribution in [2.75, 3.05) is 19.7 Å². The molecule has 0 unspecified atom stereocenters. The molecule has 0 bridgehead atoms. The van der Waals surface area contributed by atoms with Gasteiger partial charge in [0.25, 0.3) is 0 Å². The largest absolute Gasteiger partial charge is 0.476 e.